The third-order valence-corrected chi connectivity index (χ3v) is 4.36. The molecule has 1 aromatic carbocycles. The number of nitrogens with one attached hydrogen (secondary N) is 2. The molecule has 2 rings (SSSR count). The van der Waals surface area contributed by atoms with Gasteiger partial charge in [0.05, 0.1) is 31.8 Å². The van der Waals surface area contributed by atoms with Gasteiger partial charge in [-0.25, -0.2) is 4.98 Å². The Morgan fingerprint density at radius 2 is 1.96 bits per heavy atom. The number of benzene rings is 1. The minimum absolute atomic E-state index is 0.226. The number of aromatic amines is 1. The molecule has 0 aliphatic heterocycles. The number of carbonyl (C=O) groups is 1. The standard InChI is InChI=1S/C17H21N3O5S/c1-10(26-17-19-12(9-23-2)8-15(21)20-17)16(22)18-11-5-6-13(24-3)14(7-11)25-4/h5-8,10H,9H2,1-4H3,(H,18,22)(H,19,20,21). The molecule has 2 aromatic rings. The van der Waals surface area contributed by atoms with E-state index in [9.17, 15) is 9.59 Å². The summed E-state index contributed by atoms with van der Waals surface area (Å²) in [6, 6.07) is 6.46. The second-order valence-electron chi connectivity index (χ2n) is 5.29. The molecule has 0 saturated carbocycles. The molecule has 1 unspecified atom stereocenters. The molecule has 1 atom stereocenters. The highest BCUT2D eigenvalue weighted by Gasteiger charge is 2.17. The van der Waals surface area contributed by atoms with E-state index in [1.807, 2.05) is 0 Å². The maximum absolute atomic E-state index is 12.4. The maximum Gasteiger partial charge on any atom is 0.251 e. The minimum Gasteiger partial charge on any atom is -0.493 e. The summed E-state index contributed by atoms with van der Waals surface area (Å²) in [5, 5.41) is 2.68. The Hall–Kier alpha value is -2.52. The normalized spacial score (nSPS) is 11.7. The lowest BCUT2D eigenvalue weighted by Gasteiger charge is -2.13. The molecular weight excluding hydrogens is 358 g/mol. The van der Waals surface area contributed by atoms with Crippen LogP contribution < -0.4 is 20.3 Å². The van der Waals surface area contributed by atoms with Gasteiger partial charge >= 0.3 is 0 Å². The molecule has 0 bridgehead atoms. The monoisotopic (exact) mass is 379 g/mol. The summed E-state index contributed by atoms with van der Waals surface area (Å²) in [7, 11) is 4.59. The van der Waals surface area contributed by atoms with Crippen LogP contribution in [0, 0.1) is 0 Å². The third-order valence-electron chi connectivity index (χ3n) is 3.37. The molecule has 1 amide bonds. The molecule has 0 spiro atoms. The molecule has 0 radical (unpaired) electrons. The number of aromatic nitrogens is 2. The van der Waals surface area contributed by atoms with Gasteiger partial charge in [-0.15, -0.1) is 0 Å². The summed E-state index contributed by atoms with van der Waals surface area (Å²) in [5.41, 5.74) is 0.794. The minimum atomic E-state index is -0.482. The van der Waals surface area contributed by atoms with Gasteiger partial charge in [-0.1, -0.05) is 11.8 Å². The summed E-state index contributed by atoms with van der Waals surface area (Å²) in [5.74, 6) is 0.857. The van der Waals surface area contributed by atoms with Crippen LogP contribution in [-0.2, 0) is 16.1 Å². The van der Waals surface area contributed by atoms with Crippen molar-refractivity contribution >= 4 is 23.4 Å². The Labute approximate surface area is 155 Å². The first-order chi connectivity index (χ1) is 12.5. The van der Waals surface area contributed by atoms with Crippen molar-refractivity contribution in [2.75, 3.05) is 26.6 Å². The van der Waals surface area contributed by atoms with Crippen LogP contribution in [0.1, 0.15) is 12.6 Å². The number of carbonyl (C=O) groups excluding carboxylic acids is 1. The summed E-state index contributed by atoms with van der Waals surface area (Å²) < 4.78 is 15.4. The SMILES string of the molecule is COCc1cc(=O)[nH]c(SC(C)C(=O)Nc2ccc(OC)c(OC)c2)n1. The van der Waals surface area contributed by atoms with Gasteiger partial charge < -0.3 is 24.5 Å². The highest BCUT2D eigenvalue weighted by molar-refractivity contribution is 8.00. The number of hydrogen-bond donors (Lipinski definition) is 2. The Bertz CT molecular complexity index is 824. The van der Waals surface area contributed by atoms with Gasteiger partial charge in [-0.05, 0) is 19.1 Å². The average Bonchev–Trinajstić information content (AvgIpc) is 2.61. The van der Waals surface area contributed by atoms with Crippen molar-refractivity contribution in [3.05, 3.63) is 40.3 Å². The molecule has 1 heterocycles. The highest BCUT2D eigenvalue weighted by Crippen LogP contribution is 2.30. The van der Waals surface area contributed by atoms with Gasteiger partial charge in [0, 0.05) is 24.9 Å². The van der Waals surface area contributed by atoms with Gasteiger partial charge in [0.15, 0.2) is 16.7 Å². The zero-order chi connectivity index (χ0) is 19.1. The number of ether oxygens (including phenoxy) is 3. The molecule has 2 N–H and O–H groups in total. The molecule has 0 aliphatic carbocycles. The van der Waals surface area contributed by atoms with Crippen molar-refractivity contribution in [3.63, 3.8) is 0 Å². The molecule has 0 fully saturated rings. The second-order valence-corrected chi connectivity index (χ2v) is 6.62. The van der Waals surface area contributed by atoms with E-state index in [4.69, 9.17) is 14.2 Å². The molecule has 0 saturated heterocycles. The zero-order valence-corrected chi connectivity index (χ0v) is 15.8. The fourth-order valence-corrected chi connectivity index (χ4v) is 2.97. The van der Waals surface area contributed by atoms with E-state index in [1.54, 1.807) is 32.2 Å². The maximum atomic E-state index is 12.4. The van der Waals surface area contributed by atoms with Crippen LogP contribution in [0.15, 0.2) is 34.2 Å². The Morgan fingerprint density at radius 1 is 1.23 bits per heavy atom. The van der Waals surface area contributed by atoms with Crippen LogP contribution in [0.25, 0.3) is 0 Å². The van der Waals surface area contributed by atoms with Crippen molar-refractivity contribution in [2.24, 2.45) is 0 Å². The lowest BCUT2D eigenvalue weighted by Crippen LogP contribution is -2.23. The zero-order valence-electron chi connectivity index (χ0n) is 15.0. The van der Waals surface area contributed by atoms with Crippen LogP contribution in [-0.4, -0.2) is 42.5 Å². The van der Waals surface area contributed by atoms with E-state index >= 15 is 0 Å². The molecule has 8 nitrogen and oxygen atoms in total. The number of nitrogens with zero attached hydrogens (tertiary/aromatic N) is 1. The number of hydrogen-bond acceptors (Lipinski definition) is 7. The summed E-state index contributed by atoms with van der Waals surface area (Å²) >= 11 is 1.15. The van der Waals surface area contributed by atoms with E-state index < -0.39 is 5.25 Å². The van der Waals surface area contributed by atoms with Gasteiger partial charge in [0.1, 0.15) is 0 Å². The number of thioether (sulfide) groups is 1. The number of amides is 1. The van der Waals surface area contributed by atoms with Gasteiger partial charge in [0.25, 0.3) is 5.56 Å². The predicted octanol–water partition coefficient (Wildman–Crippen LogP) is 2.05. The lowest BCUT2D eigenvalue weighted by atomic mass is 10.2. The Morgan fingerprint density at radius 3 is 2.62 bits per heavy atom. The van der Waals surface area contributed by atoms with Crippen LogP contribution in [0.4, 0.5) is 5.69 Å². The number of anilines is 1. The Balaban J connectivity index is 2.07. The van der Waals surface area contributed by atoms with Gasteiger partial charge in [-0.3, -0.25) is 9.59 Å². The van der Waals surface area contributed by atoms with E-state index in [1.165, 1.54) is 20.3 Å². The van der Waals surface area contributed by atoms with Crippen molar-refractivity contribution in [1.82, 2.24) is 9.97 Å². The van der Waals surface area contributed by atoms with E-state index in [-0.39, 0.29) is 18.1 Å². The lowest BCUT2D eigenvalue weighted by molar-refractivity contribution is -0.115. The average molecular weight is 379 g/mol. The van der Waals surface area contributed by atoms with E-state index in [0.29, 0.717) is 28.0 Å². The van der Waals surface area contributed by atoms with Crippen LogP contribution >= 0.6 is 11.8 Å². The van der Waals surface area contributed by atoms with Crippen molar-refractivity contribution < 1.29 is 19.0 Å². The first-order valence-electron chi connectivity index (χ1n) is 7.75. The molecular formula is C17H21N3O5S. The fraction of sp³-hybridized carbons (Fsp3) is 0.353. The quantitative estimate of drug-likeness (QED) is 0.534. The van der Waals surface area contributed by atoms with Crippen molar-refractivity contribution in [3.8, 4) is 11.5 Å². The number of methoxy groups -OCH3 is 3. The summed E-state index contributed by atoms with van der Waals surface area (Å²) in [6.07, 6.45) is 0. The van der Waals surface area contributed by atoms with Crippen LogP contribution in [0.3, 0.4) is 0 Å². The molecule has 140 valence electrons. The molecule has 26 heavy (non-hydrogen) atoms. The molecule has 1 aromatic heterocycles. The summed E-state index contributed by atoms with van der Waals surface area (Å²) in [6.45, 7) is 1.95. The number of rotatable bonds is 8. The smallest absolute Gasteiger partial charge is 0.251 e. The second kappa shape index (κ2) is 9.25. The van der Waals surface area contributed by atoms with Crippen molar-refractivity contribution in [2.45, 2.75) is 23.9 Å². The molecule has 9 heteroatoms. The molecule has 0 aliphatic rings. The topological polar surface area (TPSA) is 103 Å². The highest BCUT2D eigenvalue weighted by atomic mass is 32.2. The number of H-pyrrole nitrogens is 1. The van der Waals surface area contributed by atoms with E-state index in [0.717, 1.165) is 11.8 Å². The van der Waals surface area contributed by atoms with Gasteiger partial charge in [0.2, 0.25) is 5.91 Å². The first-order valence-corrected chi connectivity index (χ1v) is 8.63. The first kappa shape index (κ1) is 19.8. The van der Waals surface area contributed by atoms with Crippen molar-refractivity contribution in [1.29, 1.82) is 0 Å². The third kappa shape index (κ3) is 5.24. The fourth-order valence-electron chi connectivity index (χ4n) is 2.14. The van der Waals surface area contributed by atoms with Gasteiger partial charge in [-0.2, -0.15) is 0 Å². The summed E-state index contributed by atoms with van der Waals surface area (Å²) in [4.78, 5) is 31.0. The largest absolute Gasteiger partial charge is 0.493 e. The van der Waals surface area contributed by atoms with Crippen LogP contribution in [0.5, 0.6) is 11.5 Å². The predicted molar refractivity (Wildman–Crippen MR) is 99.1 cm³/mol. The van der Waals surface area contributed by atoms with Crippen LogP contribution in [0.2, 0.25) is 0 Å². The van der Waals surface area contributed by atoms with E-state index in [2.05, 4.69) is 15.3 Å². The Kier molecular flexibility index (Phi) is 7.05.